The van der Waals surface area contributed by atoms with Crippen molar-refractivity contribution in [2.24, 2.45) is 0 Å². The van der Waals surface area contributed by atoms with Crippen LogP contribution in [0.2, 0.25) is 0 Å². The van der Waals surface area contributed by atoms with Crippen molar-refractivity contribution in [2.45, 2.75) is 13.1 Å². The van der Waals surface area contributed by atoms with Crippen LogP contribution < -0.4 is 5.32 Å². The molecule has 0 aliphatic heterocycles. The van der Waals surface area contributed by atoms with Crippen molar-refractivity contribution in [1.29, 1.82) is 0 Å². The molecule has 112 valence electrons. The summed E-state index contributed by atoms with van der Waals surface area (Å²) in [5, 5.41) is 7.10. The Morgan fingerprint density at radius 2 is 1.82 bits per heavy atom. The van der Waals surface area contributed by atoms with Gasteiger partial charge in [0.1, 0.15) is 11.6 Å². The van der Waals surface area contributed by atoms with Gasteiger partial charge in [0.2, 0.25) is 0 Å². The van der Waals surface area contributed by atoms with E-state index in [1.54, 1.807) is 23.3 Å². The predicted octanol–water partition coefficient (Wildman–Crippen LogP) is 2.84. The normalized spacial score (nSPS) is 10.8. The fourth-order valence-corrected chi connectivity index (χ4v) is 2.09. The van der Waals surface area contributed by atoms with Gasteiger partial charge < -0.3 is 5.32 Å². The van der Waals surface area contributed by atoms with Gasteiger partial charge in [0, 0.05) is 37.2 Å². The molecule has 0 saturated carbocycles. The van der Waals surface area contributed by atoms with Crippen LogP contribution in [0, 0.1) is 11.6 Å². The zero-order valence-corrected chi connectivity index (χ0v) is 11.7. The molecule has 0 spiro atoms. The molecule has 2 heterocycles. The van der Waals surface area contributed by atoms with Crippen molar-refractivity contribution in [2.75, 3.05) is 0 Å². The third kappa shape index (κ3) is 3.17. The van der Waals surface area contributed by atoms with Gasteiger partial charge in [0.25, 0.3) is 0 Å². The maximum absolute atomic E-state index is 13.5. The second-order valence-electron chi connectivity index (χ2n) is 4.78. The van der Waals surface area contributed by atoms with E-state index in [1.807, 2.05) is 18.2 Å². The van der Waals surface area contributed by atoms with Gasteiger partial charge in [-0.15, -0.1) is 0 Å². The number of hydrogen-bond acceptors (Lipinski definition) is 3. The van der Waals surface area contributed by atoms with Crippen molar-refractivity contribution in [1.82, 2.24) is 20.1 Å². The Hall–Kier alpha value is -2.60. The lowest BCUT2D eigenvalue weighted by Gasteiger charge is -2.07. The van der Waals surface area contributed by atoms with Crippen LogP contribution in [0.3, 0.4) is 0 Å². The Kier molecular flexibility index (Phi) is 4.20. The monoisotopic (exact) mass is 300 g/mol. The Morgan fingerprint density at radius 1 is 1.00 bits per heavy atom. The molecule has 0 bridgehead atoms. The van der Waals surface area contributed by atoms with Crippen molar-refractivity contribution >= 4 is 0 Å². The Bertz CT molecular complexity index is 719. The van der Waals surface area contributed by atoms with Gasteiger partial charge in [-0.25, -0.2) is 18.4 Å². The molecule has 0 amide bonds. The second kappa shape index (κ2) is 6.44. The molecule has 0 aliphatic rings. The zero-order valence-electron chi connectivity index (χ0n) is 11.7. The molecule has 0 fully saturated rings. The van der Waals surface area contributed by atoms with Gasteiger partial charge in [-0.1, -0.05) is 12.1 Å². The van der Waals surface area contributed by atoms with E-state index < -0.39 is 11.6 Å². The smallest absolute Gasteiger partial charge is 0.153 e. The molecule has 0 saturated heterocycles. The Labute approximate surface area is 126 Å². The highest BCUT2D eigenvalue weighted by Gasteiger charge is 2.07. The summed E-state index contributed by atoms with van der Waals surface area (Å²) in [6, 6.07) is 9.41. The molecule has 0 atom stereocenters. The van der Waals surface area contributed by atoms with E-state index in [1.165, 1.54) is 18.2 Å². The first kappa shape index (κ1) is 14.3. The van der Waals surface area contributed by atoms with Crippen LogP contribution in [0.4, 0.5) is 8.78 Å². The summed E-state index contributed by atoms with van der Waals surface area (Å²) < 4.78 is 28.6. The van der Waals surface area contributed by atoms with Crippen LogP contribution in [0.5, 0.6) is 0 Å². The van der Waals surface area contributed by atoms with Crippen molar-refractivity contribution in [3.8, 4) is 5.82 Å². The summed E-state index contributed by atoms with van der Waals surface area (Å²) in [5.41, 5.74) is 0.969. The predicted molar refractivity (Wildman–Crippen MR) is 78.3 cm³/mol. The van der Waals surface area contributed by atoms with Crippen LogP contribution in [-0.2, 0) is 13.1 Å². The van der Waals surface area contributed by atoms with E-state index in [9.17, 15) is 8.78 Å². The van der Waals surface area contributed by atoms with Gasteiger partial charge in [-0.3, -0.25) is 0 Å². The van der Waals surface area contributed by atoms with E-state index in [0.717, 1.165) is 5.56 Å². The summed E-state index contributed by atoms with van der Waals surface area (Å²) in [6.45, 7) is 0.597. The summed E-state index contributed by atoms with van der Waals surface area (Å²) in [4.78, 5) is 4.29. The maximum Gasteiger partial charge on any atom is 0.153 e. The van der Waals surface area contributed by atoms with E-state index in [2.05, 4.69) is 15.4 Å². The zero-order chi connectivity index (χ0) is 15.4. The minimum Gasteiger partial charge on any atom is -0.308 e. The molecule has 6 heteroatoms. The average Bonchev–Trinajstić information content (AvgIpc) is 3.05. The number of halogens is 2. The molecule has 1 N–H and O–H groups in total. The lowest BCUT2D eigenvalue weighted by Crippen LogP contribution is -2.15. The van der Waals surface area contributed by atoms with Gasteiger partial charge in [0.15, 0.2) is 5.82 Å². The van der Waals surface area contributed by atoms with E-state index in [0.29, 0.717) is 12.4 Å². The Balaban J connectivity index is 1.60. The average molecular weight is 300 g/mol. The first-order valence-electron chi connectivity index (χ1n) is 6.82. The molecule has 0 radical (unpaired) electrons. The van der Waals surface area contributed by atoms with Crippen LogP contribution in [0.15, 0.2) is 55.0 Å². The standard InChI is InChI=1S/C16H14F2N4/c17-14-3-1-4-15(18)13(14)11-19-9-12-5-6-16(20-10-12)22-8-2-7-21-22/h1-8,10,19H,9,11H2. The van der Waals surface area contributed by atoms with E-state index in [4.69, 9.17) is 0 Å². The molecular weight excluding hydrogens is 286 g/mol. The third-order valence-electron chi connectivity index (χ3n) is 3.24. The second-order valence-corrected chi connectivity index (χ2v) is 4.78. The number of nitrogens with zero attached hydrogens (tertiary/aromatic N) is 3. The summed E-state index contributed by atoms with van der Waals surface area (Å²) in [5.74, 6) is -0.367. The van der Waals surface area contributed by atoms with Crippen molar-refractivity contribution in [3.63, 3.8) is 0 Å². The summed E-state index contributed by atoms with van der Waals surface area (Å²) >= 11 is 0. The molecule has 3 aromatic rings. The number of pyridine rings is 1. The van der Waals surface area contributed by atoms with Crippen LogP contribution in [-0.4, -0.2) is 14.8 Å². The molecule has 3 rings (SSSR count). The molecule has 22 heavy (non-hydrogen) atoms. The highest BCUT2D eigenvalue weighted by atomic mass is 19.1. The SMILES string of the molecule is Fc1cccc(F)c1CNCc1ccc(-n2cccn2)nc1. The van der Waals surface area contributed by atoms with Crippen LogP contribution in [0.1, 0.15) is 11.1 Å². The molecule has 1 aromatic carbocycles. The van der Waals surface area contributed by atoms with Gasteiger partial charge in [-0.05, 0) is 29.8 Å². The number of hydrogen-bond donors (Lipinski definition) is 1. The first-order valence-corrected chi connectivity index (χ1v) is 6.82. The lowest BCUT2D eigenvalue weighted by atomic mass is 10.2. The molecule has 0 aliphatic carbocycles. The number of benzene rings is 1. The number of rotatable bonds is 5. The first-order chi connectivity index (χ1) is 10.7. The summed E-state index contributed by atoms with van der Waals surface area (Å²) in [7, 11) is 0. The van der Waals surface area contributed by atoms with Gasteiger partial charge >= 0.3 is 0 Å². The number of nitrogens with one attached hydrogen (secondary N) is 1. The molecule has 0 unspecified atom stereocenters. The fraction of sp³-hybridized carbons (Fsp3) is 0.125. The van der Waals surface area contributed by atoms with Crippen molar-refractivity contribution < 1.29 is 8.78 Å². The topological polar surface area (TPSA) is 42.7 Å². The highest BCUT2D eigenvalue weighted by Crippen LogP contribution is 2.12. The molecule has 2 aromatic heterocycles. The summed E-state index contributed by atoms with van der Waals surface area (Å²) in [6.07, 6.45) is 5.20. The van der Waals surface area contributed by atoms with Crippen LogP contribution in [0.25, 0.3) is 5.82 Å². The lowest BCUT2D eigenvalue weighted by molar-refractivity contribution is 0.535. The Morgan fingerprint density at radius 3 is 2.45 bits per heavy atom. The minimum absolute atomic E-state index is 0.0450. The fourth-order valence-electron chi connectivity index (χ4n) is 2.09. The molecular formula is C16H14F2N4. The van der Waals surface area contributed by atoms with E-state index >= 15 is 0 Å². The maximum atomic E-state index is 13.5. The number of aromatic nitrogens is 3. The van der Waals surface area contributed by atoms with E-state index in [-0.39, 0.29) is 12.1 Å². The quantitative estimate of drug-likeness (QED) is 0.788. The molecule has 4 nitrogen and oxygen atoms in total. The van der Waals surface area contributed by atoms with Gasteiger partial charge in [-0.2, -0.15) is 5.10 Å². The largest absolute Gasteiger partial charge is 0.308 e. The van der Waals surface area contributed by atoms with Crippen LogP contribution >= 0.6 is 0 Å². The third-order valence-corrected chi connectivity index (χ3v) is 3.24. The van der Waals surface area contributed by atoms with Gasteiger partial charge in [0.05, 0.1) is 0 Å². The van der Waals surface area contributed by atoms with Crippen molar-refractivity contribution in [3.05, 3.63) is 77.8 Å². The minimum atomic E-state index is -0.542. The highest BCUT2D eigenvalue weighted by molar-refractivity contribution is 5.24.